The quantitative estimate of drug-likeness (QED) is 0.218. The van der Waals surface area contributed by atoms with E-state index in [4.69, 9.17) is 9.47 Å². The summed E-state index contributed by atoms with van der Waals surface area (Å²) < 4.78 is 10.9. The van der Waals surface area contributed by atoms with Gasteiger partial charge in [-0.25, -0.2) is 0 Å². The van der Waals surface area contributed by atoms with Gasteiger partial charge in [-0.05, 0) is 39.2 Å². The highest BCUT2D eigenvalue weighted by Gasteiger charge is 2.54. The molecule has 1 atom stereocenters. The molecule has 1 aliphatic rings. The second-order valence-corrected chi connectivity index (χ2v) is 13.5. The molecule has 1 unspecified atom stereocenters. The largest absolute Gasteiger partial charge is 0.465 e. The summed E-state index contributed by atoms with van der Waals surface area (Å²) in [5.74, 6) is -1.32. The van der Waals surface area contributed by atoms with Gasteiger partial charge in [0, 0.05) is 5.92 Å². The van der Waals surface area contributed by atoms with Crippen molar-refractivity contribution in [3.63, 3.8) is 0 Å². The third-order valence-electron chi connectivity index (χ3n) is 5.92. The van der Waals surface area contributed by atoms with Gasteiger partial charge in [0.2, 0.25) is 0 Å². The number of carbonyl (C=O) groups is 2. The van der Waals surface area contributed by atoms with Crippen molar-refractivity contribution in [2.75, 3.05) is 13.2 Å². The Bertz CT molecular complexity index is 805. The van der Waals surface area contributed by atoms with Gasteiger partial charge >= 0.3 is 11.9 Å². The van der Waals surface area contributed by atoms with Crippen molar-refractivity contribution in [3.8, 4) is 0 Å². The monoisotopic (exact) mass is 440 g/mol. The van der Waals surface area contributed by atoms with Gasteiger partial charge in [0.1, 0.15) is 0 Å². The number of hydrogen-bond donors (Lipinski definition) is 0. The van der Waals surface area contributed by atoms with Crippen molar-refractivity contribution in [2.45, 2.75) is 52.2 Å². The summed E-state index contributed by atoms with van der Waals surface area (Å²) >= 11 is 0. The second-order valence-electron chi connectivity index (χ2n) is 8.76. The van der Waals surface area contributed by atoms with Crippen LogP contribution in [0.4, 0.5) is 0 Å². The van der Waals surface area contributed by atoms with Crippen LogP contribution in [0.25, 0.3) is 0 Å². The lowest BCUT2D eigenvalue weighted by molar-refractivity contribution is -0.175. The number of rotatable bonds is 10. The maximum absolute atomic E-state index is 13.4. The summed E-state index contributed by atoms with van der Waals surface area (Å²) in [6, 6.07) is 11.2. The number of benzene rings is 1. The Morgan fingerprint density at radius 3 is 2.26 bits per heavy atom. The number of esters is 2. The summed E-state index contributed by atoms with van der Waals surface area (Å²) in [4.78, 5) is 26.7. The second kappa shape index (κ2) is 11.3. The Hall–Kier alpha value is -2.40. The molecule has 5 heteroatoms. The molecule has 0 saturated heterocycles. The molecule has 0 N–H and O–H groups in total. The summed E-state index contributed by atoms with van der Waals surface area (Å²) in [6.45, 7) is 12.9. The van der Waals surface area contributed by atoms with E-state index >= 15 is 0 Å². The van der Waals surface area contributed by atoms with Crippen molar-refractivity contribution < 1.29 is 19.1 Å². The molecule has 0 amide bonds. The van der Waals surface area contributed by atoms with Crippen molar-refractivity contribution in [1.29, 1.82) is 0 Å². The fourth-order valence-corrected chi connectivity index (χ4v) is 7.08. The van der Waals surface area contributed by atoms with Crippen molar-refractivity contribution >= 4 is 25.2 Å². The van der Waals surface area contributed by atoms with E-state index in [-0.39, 0.29) is 25.6 Å². The van der Waals surface area contributed by atoms with E-state index in [0.717, 1.165) is 18.0 Å². The highest BCUT2D eigenvalue weighted by atomic mass is 28.3. The molecule has 0 radical (unpaired) electrons. The molecule has 1 aliphatic carbocycles. The topological polar surface area (TPSA) is 52.6 Å². The average molecular weight is 441 g/mol. The third kappa shape index (κ3) is 6.07. The van der Waals surface area contributed by atoms with E-state index in [1.54, 1.807) is 13.8 Å². The molecule has 168 valence electrons. The van der Waals surface area contributed by atoms with Crippen LogP contribution in [0.1, 0.15) is 33.1 Å². The SMILES string of the molecule is C=C(CC(C(=O)OCC)(C(=O)OCC)C1C=CC=CCC1)C[Si](C)(C)c1ccccc1. The van der Waals surface area contributed by atoms with Gasteiger partial charge in [0.25, 0.3) is 0 Å². The normalized spacial score (nSPS) is 16.5. The van der Waals surface area contributed by atoms with E-state index in [9.17, 15) is 9.59 Å². The van der Waals surface area contributed by atoms with E-state index in [2.05, 4.69) is 50.0 Å². The minimum absolute atomic E-state index is 0.214. The highest BCUT2D eigenvalue weighted by molar-refractivity contribution is 6.90. The van der Waals surface area contributed by atoms with Crippen LogP contribution < -0.4 is 5.19 Å². The average Bonchev–Trinajstić information content (AvgIpc) is 3.02. The molecule has 0 heterocycles. The lowest BCUT2D eigenvalue weighted by Gasteiger charge is -2.36. The van der Waals surface area contributed by atoms with Crippen LogP contribution in [0.3, 0.4) is 0 Å². The predicted molar refractivity (Wildman–Crippen MR) is 129 cm³/mol. The fourth-order valence-electron chi connectivity index (χ4n) is 4.41. The van der Waals surface area contributed by atoms with Gasteiger partial charge < -0.3 is 9.47 Å². The standard InChI is InChI=1S/C26H36O4Si/c1-6-29-24(27)26(25(28)30-7-2,22-15-11-8-9-12-16-22)19-21(3)20-31(4,5)23-17-13-10-14-18-23/h8-11,13-15,17-18,22H,3,6-7,12,16,19-20H2,1-2,4-5H3. The first kappa shape index (κ1) is 24.9. The van der Waals surface area contributed by atoms with Gasteiger partial charge in [-0.1, -0.05) is 78.5 Å². The Kier molecular flexibility index (Phi) is 9.05. The Morgan fingerprint density at radius 1 is 1.06 bits per heavy atom. The predicted octanol–water partition coefficient (Wildman–Crippen LogP) is 5.18. The van der Waals surface area contributed by atoms with Crippen LogP contribution in [0, 0.1) is 11.3 Å². The Balaban J connectivity index is 2.41. The minimum Gasteiger partial charge on any atom is -0.465 e. The van der Waals surface area contributed by atoms with Crippen LogP contribution in [0.5, 0.6) is 0 Å². The van der Waals surface area contributed by atoms with Crippen molar-refractivity contribution in [1.82, 2.24) is 0 Å². The van der Waals surface area contributed by atoms with E-state index in [1.807, 2.05) is 24.3 Å². The molecule has 2 rings (SSSR count). The zero-order valence-electron chi connectivity index (χ0n) is 19.4. The molecule has 0 bridgehead atoms. The molecule has 1 aromatic rings. The van der Waals surface area contributed by atoms with Crippen LogP contribution >= 0.6 is 0 Å². The molecular formula is C26H36O4Si. The number of allylic oxidation sites excluding steroid dienone is 5. The Labute approximate surface area is 188 Å². The first-order valence-electron chi connectivity index (χ1n) is 11.2. The maximum atomic E-state index is 13.4. The molecule has 0 saturated carbocycles. The van der Waals surface area contributed by atoms with Crippen LogP contribution in [-0.4, -0.2) is 33.2 Å². The fraction of sp³-hybridized carbons (Fsp3) is 0.462. The molecule has 31 heavy (non-hydrogen) atoms. The van der Waals surface area contributed by atoms with Gasteiger partial charge in [-0.3, -0.25) is 9.59 Å². The van der Waals surface area contributed by atoms with Crippen LogP contribution in [0.2, 0.25) is 19.1 Å². The molecule has 0 spiro atoms. The Morgan fingerprint density at radius 2 is 1.68 bits per heavy atom. The third-order valence-corrected chi connectivity index (χ3v) is 9.20. The smallest absolute Gasteiger partial charge is 0.324 e. The van der Waals surface area contributed by atoms with Crippen molar-refractivity contribution in [2.24, 2.45) is 11.3 Å². The highest BCUT2D eigenvalue weighted by Crippen LogP contribution is 2.43. The minimum atomic E-state index is -1.84. The van der Waals surface area contributed by atoms with Crippen molar-refractivity contribution in [3.05, 3.63) is 66.8 Å². The molecule has 1 aromatic carbocycles. The molecular weight excluding hydrogens is 404 g/mol. The van der Waals surface area contributed by atoms with E-state index < -0.39 is 25.4 Å². The summed E-state index contributed by atoms with van der Waals surface area (Å²) in [5.41, 5.74) is -0.514. The summed E-state index contributed by atoms with van der Waals surface area (Å²) in [7, 11) is -1.84. The lowest BCUT2D eigenvalue weighted by Crippen LogP contribution is -2.48. The van der Waals surface area contributed by atoms with Crippen LogP contribution in [0.15, 0.2) is 66.8 Å². The first-order valence-corrected chi connectivity index (χ1v) is 14.4. The number of ether oxygens (including phenoxy) is 2. The summed E-state index contributed by atoms with van der Waals surface area (Å²) in [5, 5.41) is 1.33. The maximum Gasteiger partial charge on any atom is 0.324 e. The summed E-state index contributed by atoms with van der Waals surface area (Å²) in [6.07, 6.45) is 9.58. The van der Waals surface area contributed by atoms with Gasteiger partial charge in [-0.15, -0.1) is 6.58 Å². The van der Waals surface area contributed by atoms with Gasteiger partial charge in [-0.2, -0.15) is 0 Å². The number of carbonyl (C=O) groups excluding carboxylic acids is 2. The zero-order valence-corrected chi connectivity index (χ0v) is 20.4. The van der Waals surface area contributed by atoms with Gasteiger partial charge in [0.15, 0.2) is 5.41 Å². The lowest BCUT2D eigenvalue weighted by atomic mass is 9.69. The first-order chi connectivity index (χ1) is 14.8. The molecule has 4 nitrogen and oxygen atoms in total. The number of hydrogen-bond acceptors (Lipinski definition) is 4. The molecule has 0 aromatic heterocycles. The van der Waals surface area contributed by atoms with Gasteiger partial charge in [0.05, 0.1) is 21.3 Å². The molecule has 0 aliphatic heterocycles. The molecule has 0 fully saturated rings. The van der Waals surface area contributed by atoms with Crippen LogP contribution in [-0.2, 0) is 19.1 Å². The zero-order chi connectivity index (χ0) is 22.9. The van der Waals surface area contributed by atoms with E-state index in [1.165, 1.54) is 5.19 Å². The van der Waals surface area contributed by atoms with E-state index in [0.29, 0.717) is 6.42 Å².